The molecule has 2 N–H and O–H groups in total. The third kappa shape index (κ3) is 4.16. The highest BCUT2D eigenvalue weighted by molar-refractivity contribution is 6.04. The summed E-state index contributed by atoms with van der Waals surface area (Å²) in [4.78, 5) is 23.7. The standard InChI is InChI=1S/C18H16F2N2O2/c19-12-3-8-16(20)15(10-12)18(24)22-14-4-1-11(2-5-14)9-17(23)21-13-6-7-13/h1-5,8,10,13H,6-7,9H2,(H,21,23)(H,22,24). The van der Waals surface area contributed by atoms with Crippen LogP contribution in [0, 0.1) is 11.6 Å². The summed E-state index contributed by atoms with van der Waals surface area (Å²) in [6.45, 7) is 0. The minimum Gasteiger partial charge on any atom is -0.353 e. The van der Waals surface area contributed by atoms with Crippen molar-refractivity contribution in [2.24, 2.45) is 0 Å². The molecule has 0 radical (unpaired) electrons. The predicted molar refractivity (Wildman–Crippen MR) is 85.6 cm³/mol. The lowest BCUT2D eigenvalue weighted by molar-refractivity contribution is -0.120. The average molecular weight is 330 g/mol. The third-order valence-corrected chi connectivity index (χ3v) is 3.69. The Morgan fingerprint density at radius 2 is 1.75 bits per heavy atom. The highest BCUT2D eigenvalue weighted by Gasteiger charge is 2.23. The number of hydrogen-bond donors (Lipinski definition) is 2. The van der Waals surface area contributed by atoms with E-state index < -0.39 is 17.5 Å². The van der Waals surface area contributed by atoms with Gasteiger partial charge in [-0.1, -0.05) is 12.1 Å². The molecule has 0 unspecified atom stereocenters. The van der Waals surface area contributed by atoms with Gasteiger partial charge in [-0.05, 0) is 48.7 Å². The summed E-state index contributed by atoms with van der Waals surface area (Å²) in [5, 5.41) is 5.40. The van der Waals surface area contributed by atoms with Crippen molar-refractivity contribution in [3.8, 4) is 0 Å². The topological polar surface area (TPSA) is 58.2 Å². The number of carbonyl (C=O) groups excluding carboxylic acids is 2. The number of hydrogen-bond acceptors (Lipinski definition) is 2. The first-order valence-corrected chi connectivity index (χ1v) is 7.66. The molecule has 0 atom stereocenters. The molecule has 3 rings (SSSR count). The average Bonchev–Trinajstić information content (AvgIpc) is 3.35. The summed E-state index contributed by atoms with van der Waals surface area (Å²) in [7, 11) is 0. The van der Waals surface area contributed by atoms with Crippen molar-refractivity contribution in [3.05, 3.63) is 65.2 Å². The molecule has 0 spiro atoms. The summed E-state index contributed by atoms with van der Waals surface area (Å²) < 4.78 is 26.7. The minimum absolute atomic E-state index is 0.0314. The molecule has 1 fully saturated rings. The molecule has 124 valence electrons. The maximum Gasteiger partial charge on any atom is 0.258 e. The molecule has 2 aromatic rings. The summed E-state index contributed by atoms with van der Waals surface area (Å²) in [5.74, 6) is -2.23. The molecule has 0 saturated heterocycles. The Morgan fingerprint density at radius 1 is 1.04 bits per heavy atom. The van der Waals surface area contributed by atoms with E-state index in [-0.39, 0.29) is 17.9 Å². The lowest BCUT2D eigenvalue weighted by atomic mass is 10.1. The molecular weight excluding hydrogens is 314 g/mol. The molecule has 2 amide bonds. The lowest BCUT2D eigenvalue weighted by Crippen LogP contribution is -2.26. The van der Waals surface area contributed by atoms with Gasteiger partial charge in [0.15, 0.2) is 0 Å². The Kier molecular flexibility index (Phi) is 4.55. The van der Waals surface area contributed by atoms with Gasteiger partial charge in [0.25, 0.3) is 5.91 Å². The first-order valence-electron chi connectivity index (χ1n) is 7.66. The number of benzene rings is 2. The Bertz CT molecular complexity index is 771. The van der Waals surface area contributed by atoms with Gasteiger partial charge in [-0.3, -0.25) is 9.59 Å². The van der Waals surface area contributed by atoms with E-state index in [9.17, 15) is 18.4 Å². The van der Waals surface area contributed by atoms with Crippen LogP contribution < -0.4 is 10.6 Å². The SMILES string of the molecule is O=C(Cc1ccc(NC(=O)c2cc(F)ccc2F)cc1)NC1CC1. The van der Waals surface area contributed by atoms with Crippen molar-refractivity contribution < 1.29 is 18.4 Å². The molecule has 1 aliphatic carbocycles. The molecule has 24 heavy (non-hydrogen) atoms. The van der Waals surface area contributed by atoms with E-state index in [0.717, 1.165) is 36.6 Å². The van der Waals surface area contributed by atoms with Gasteiger partial charge >= 0.3 is 0 Å². The fourth-order valence-corrected chi connectivity index (χ4v) is 2.27. The zero-order chi connectivity index (χ0) is 17.1. The maximum absolute atomic E-state index is 13.6. The van der Waals surface area contributed by atoms with E-state index in [2.05, 4.69) is 10.6 Å². The number of carbonyl (C=O) groups is 2. The van der Waals surface area contributed by atoms with Gasteiger partial charge in [-0.15, -0.1) is 0 Å². The predicted octanol–water partition coefficient (Wildman–Crippen LogP) is 3.04. The Morgan fingerprint density at radius 3 is 2.42 bits per heavy atom. The van der Waals surface area contributed by atoms with E-state index in [1.54, 1.807) is 24.3 Å². The van der Waals surface area contributed by atoms with Crippen molar-refractivity contribution >= 4 is 17.5 Å². The van der Waals surface area contributed by atoms with Crippen LogP contribution in [0.1, 0.15) is 28.8 Å². The molecule has 4 nitrogen and oxygen atoms in total. The summed E-state index contributed by atoms with van der Waals surface area (Å²) in [6.07, 6.45) is 2.34. The van der Waals surface area contributed by atoms with E-state index in [4.69, 9.17) is 0 Å². The van der Waals surface area contributed by atoms with E-state index >= 15 is 0 Å². The third-order valence-electron chi connectivity index (χ3n) is 3.69. The van der Waals surface area contributed by atoms with E-state index in [1.807, 2.05) is 0 Å². The van der Waals surface area contributed by atoms with Crippen molar-refractivity contribution in [2.75, 3.05) is 5.32 Å². The van der Waals surface area contributed by atoms with Gasteiger partial charge < -0.3 is 10.6 Å². The molecule has 2 aromatic carbocycles. The summed E-state index contributed by atoms with van der Waals surface area (Å²) >= 11 is 0. The normalized spacial score (nSPS) is 13.4. The van der Waals surface area contributed by atoms with Crippen molar-refractivity contribution in [2.45, 2.75) is 25.3 Å². The van der Waals surface area contributed by atoms with E-state index in [0.29, 0.717) is 11.7 Å². The number of halogens is 2. The van der Waals surface area contributed by atoms with E-state index in [1.165, 1.54) is 0 Å². The second-order valence-corrected chi connectivity index (χ2v) is 5.79. The molecule has 1 saturated carbocycles. The summed E-state index contributed by atoms with van der Waals surface area (Å²) in [5.41, 5.74) is 0.890. The van der Waals surface area contributed by atoms with Crippen LogP contribution in [0.15, 0.2) is 42.5 Å². The molecule has 0 aliphatic heterocycles. The van der Waals surface area contributed by atoms with Crippen molar-refractivity contribution in [1.82, 2.24) is 5.32 Å². The number of nitrogens with one attached hydrogen (secondary N) is 2. The van der Waals surface area contributed by atoms with Crippen LogP contribution in [0.4, 0.5) is 14.5 Å². The van der Waals surface area contributed by atoms with Crippen LogP contribution in [0.3, 0.4) is 0 Å². The molecule has 6 heteroatoms. The van der Waals surface area contributed by atoms with Crippen molar-refractivity contribution in [1.29, 1.82) is 0 Å². The second-order valence-electron chi connectivity index (χ2n) is 5.79. The van der Waals surface area contributed by atoms with Gasteiger partial charge in [-0.2, -0.15) is 0 Å². The largest absolute Gasteiger partial charge is 0.353 e. The molecule has 0 bridgehead atoms. The van der Waals surface area contributed by atoms with Gasteiger partial charge in [0, 0.05) is 11.7 Å². The first kappa shape index (κ1) is 16.1. The quantitative estimate of drug-likeness (QED) is 0.885. The Balaban J connectivity index is 1.61. The fraction of sp³-hybridized carbons (Fsp3) is 0.222. The first-order chi connectivity index (χ1) is 11.5. The summed E-state index contributed by atoms with van der Waals surface area (Å²) in [6, 6.07) is 9.69. The smallest absolute Gasteiger partial charge is 0.258 e. The zero-order valence-electron chi connectivity index (χ0n) is 12.8. The minimum atomic E-state index is -0.790. The van der Waals surface area contributed by atoms with Gasteiger partial charge in [0.05, 0.1) is 12.0 Å². The van der Waals surface area contributed by atoms with Crippen molar-refractivity contribution in [3.63, 3.8) is 0 Å². The molecule has 0 heterocycles. The molecule has 0 aromatic heterocycles. The van der Waals surface area contributed by atoms with Gasteiger partial charge in [0.1, 0.15) is 11.6 Å². The zero-order valence-corrected chi connectivity index (χ0v) is 12.8. The van der Waals surface area contributed by atoms with Crippen LogP contribution in [0.5, 0.6) is 0 Å². The van der Waals surface area contributed by atoms with Crippen LogP contribution in [0.25, 0.3) is 0 Å². The Labute approximate surface area is 137 Å². The van der Waals surface area contributed by atoms with Gasteiger partial charge in [0.2, 0.25) is 5.91 Å². The number of anilines is 1. The highest BCUT2D eigenvalue weighted by atomic mass is 19.1. The van der Waals surface area contributed by atoms with Crippen LogP contribution >= 0.6 is 0 Å². The van der Waals surface area contributed by atoms with Crippen LogP contribution in [-0.4, -0.2) is 17.9 Å². The fourth-order valence-electron chi connectivity index (χ4n) is 2.27. The van der Waals surface area contributed by atoms with Gasteiger partial charge in [-0.25, -0.2) is 8.78 Å². The number of amides is 2. The van der Waals surface area contributed by atoms with Crippen LogP contribution in [0.2, 0.25) is 0 Å². The molecular formula is C18H16F2N2O2. The Hall–Kier alpha value is -2.76. The monoisotopic (exact) mass is 330 g/mol. The molecule has 1 aliphatic rings. The lowest BCUT2D eigenvalue weighted by Gasteiger charge is -2.08. The van der Waals surface area contributed by atoms with Crippen LogP contribution in [-0.2, 0) is 11.2 Å². The second kappa shape index (κ2) is 6.78. The number of rotatable bonds is 5. The maximum atomic E-state index is 13.6. The highest BCUT2D eigenvalue weighted by Crippen LogP contribution is 2.19.